The summed E-state index contributed by atoms with van der Waals surface area (Å²) < 4.78 is 41.3. The Kier molecular flexibility index (Phi) is 13.8. The number of unbranched alkanes of at least 4 members (excludes halogenated alkanes) is 9. The average molecular weight is 335 g/mol. The molecule has 0 aliphatic rings. The van der Waals surface area contributed by atoms with E-state index in [-0.39, 0.29) is 0 Å². The third-order valence-corrected chi connectivity index (χ3v) is 3.55. The monoisotopic (exact) mass is 335 g/mol. The van der Waals surface area contributed by atoms with Crippen molar-refractivity contribution in [1.29, 1.82) is 0 Å². The van der Waals surface area contributed by atoms with Gasteiger partial charge in [-0.15, -0.1) is 0 Å². The van der Waals surface area contributed by atoms with E-state index in [9.17, 15) is 17.3 Å². The predicted octanol–water partition coefficient (Wildman–Crippen LogP) is 6.20. The molecule has 0 aliphatic heterocycles. The standard InChI is InChI=1S/C17H30N.BF4/c1-2-3-4-5-6-7-8-9-10-12-15-18-16-13-11-14-17-18;2-1(3,4)5/h11,13-14,16-17H,2-10,12,15H2,1H3;/q+1;-1. The smallest absolute Gasteiger partial charge is 0.418 e. The zero-order valence-corrected chi connectivity index (χ0v) is 14.2. The quantitative estimate of drug-likeness (QED) is 0.196. The summed E-state index contributed by atoms with van der Waals surface area (Å²) in [6, 6.07) is 6.29. The Morgan fingerprint density at radius 2 is 1.04 bits per heavy atom. The van der Waals surface area contributed by atoms with Gasteiger partial charge in [-0.3, -0.25) is 0 Å². The molecule has 0 bridgehead atoms. The molecule has 0 atom stereocenters. The van der Waals surface area contributed by atoms with Crippen molar-refractivity contribution in [3.63, 3.8) is 0 Å². The van der Waals surface area contributed by atoms with Crippen LogP contribution in [0.2, 0.25) is 0 Å². The van der Waals surface area contributed by atoms with Crippen molar-refractivity contribution in [2.75, 3.05) is 0 Å². The molecule has 23 heavy (non-hydrogen) atoms. The fourth-order valence-corrected chi connectivity index (χ4v) is 2.37. The fraction of sp³-hybridized carbons (Fsp3) is 0.706. The first-order valence-corrected chi connectivity index (χ1v) is 8.75. The number of hydrogen-bond donors (Lipinski definition) is 0. The first-order chi connectivity index (χ1) is 10.9. The van der Waals surface area contributed by atoms with Crippen LogP contribution in [0.5, 0.6) is 0 Å². The molecule has 0 radical (unpaired) electrons. The average Bonchev–Trinajstić information content (AvgIpc) is 2.48. The van der Waals surface area contributed by atoms with Crippen molar-refractivity contribution in [1.82, 2.24) is 0 Å². The van der Waals surface area contributed by atoms with E-state index < -0.39 is 7.25 Å². The Morgan fingerprint density at radius 3 is 1.48 bits per heavy atom. The number of halogens is 4. The van der Waals surface area contributed by atoms with Gasteiger partial charge in [0.05, 0.1) is 0 Å². The van der Waals surface area contributed by atoms with Crippen LogP contribution >= 0.6 is 0 Å². The molecule has 134 valence electrons. The normalized spacial score (nSPS) is 11.0. The van der Waals surface area contributed by atoms with E-state index in [2.05, 4.69) is 42.1 Å². The van der Waals surface area contributed by atoms with E-state index in [1.807, 2.05) is 0 Å². The van der Waals surface area contributed by atoms with Crippen LogP contribution in [0.3, 0.4) is 0 Å². The summed E-state index contributed by atoms with van der Waals surface area (Å²) in [6.45, 7) is 3.46. The SMILES string of the molecule is CCCCCCCCCCCC[n+]1ccccc1.F[B-](F)(F)F. The van der Waals surface area contributed by atoms with Crippen molar-refractivity contribution in [2.24, 2.45) is 0 Å². The minimum absolute atomic E-state index is 1.18. The highest BCUT2D eigenvalue weighted by Crippen LogP contribution is 2.10. The zero-order valence-electron chi connectivity index (χ0n) is 14.2. The Bertz CT molecular complexity index is 351. The summed E-state index contributed by atoms with van der Waals surface area (Å²) in [5, 5.41) is 0. The van der Waals surface area contributed by atoms with Crippen molar-refractivity contribution in [2.45, 2.75) is 77.7 Å². The van der Waals surface area contributed by atoms with E-state index in [0.29, 0.717) is 0 Å². The van der Waals surface area contributed by atoms with Gasteiger partial charge in [0, 0.05) is 18.6 Å². The van der Waals surface area contributed by atoms with Crippen LogP contribution in [0, 0.1) is 0 Å². The molecule has 1 aromatic rings. The Hall–Kier alpha value is -1.07. The molecule has 1 aromatic heterocycles. The van der Waals surface area contributed by atoms with Gasteiger partial charge in [-0.1, -0.05) is 64.4 Å². The lowest BCUT2D eigenvalue weighted by atomic mass is 10.1. The molecule has 0 saturated heterocycles. The minimum atomic E-state index is -6.00. The lowest BCUT2D eigenvalue weighted by Gasteiger charge is -2.01. The summed E-state index contributed by atoms with van der Waals surface area (Å²) in [7, 11) is -6.00. The highest BCUT2D eigenvalue weighted by Gasteiger charge is 2.20. The third-order valence-electron chi connectivity index (χ3n) is 3.55. The molecule has 0 spiro atoms. The summed E-state index contributed by atoms with van der Waals surface area (Å²) in [6.07, 6.45) is 18.5. The fourth-order valence-electron chi connectivity index (χ4n) is 2.37. The van der Waals surface area contributed by atoms with Crippen LogP contribution in [0.4, 0.5) is 17.3 Å². The van der Waals surface area contributed by atoms with Gasteiger partial charge < -0.3 is 17.3 Å². The van der Waals surface area contributed by atoms with E-state index in [1.165, 1.54) is 70.8 Å². The van der Waals surface area contributed by atoms with Gasteiger partial charge in [-0.2, -0.15) is 0 Å². The van der Waals surface area contributed by atoms with Crippen LogP contribution in [-0.4, -0.2) is 7.25 Å². The van der Waals surface area contributed by atoms with Gasteiger partial charge in [0.2, 0.25) is 0 Å². The highest BCUT2D eigenvalue weighted by atomic mass is 19.5. The van der Waals surface area contributed by atoms with E-state index in [4.69, 9.17) is 0 Å². The van der Waals surface area contributed by atoms with Crippen molar-refractivity contribution in [3.8, 4) is 0 Å². The zero-order chi connectivity index (χ0) is 17.4. The van der Waals surface area contributed by atoms with Crippen LogP contribution in [0.25, 0.3) is 0 Å². The maximum absolute atomic E-state index is 9.75. The summed E-state index contributed by atoms with van der Waals surface area (Å²) >= 11 is 0. The molecule has 0 fully saturated rings. The molecule has 1 nitrogen and oxygen atoms in total. The molecule has 1 rings (SSSR count). The van der Waals surface area contributed by atoms with Crippen LogP contribution in [0.1, 0.15) is 71.1 Å². The van der Waals surface area contributed by atoms with Crippen LogP contribution < -0.4 is 4.57 Å². The van der Waals surface area contributed by atoms with Crippen LogP contribution in [-0.2, 0) is 6.54 Å². The first kappa shape index (κ1) is 21.9. The number of pyridine rings is 1. The largest absolute Gasteiger partial charge is 0.673 e. The molecule has 0 aromatic carbocycles. The summed E-state index contributed by atoms with van der Waals surface area (Å²) in [5.74, 6) is 0. The number of hydrogen-bond acceptors (Lipinski definition) is 0. The highest BCUT2D eigenvalue weighted by molar-refractivity contribution is 6.50. The molecule has 0 unspecified atom stereocenters. The van der Waals surface area contributed by atoms with Gasteiger partial charge in [0.25, 0.3) is 0 Å². The number of aryl methyl sites for hydroxylation is 1. The molecular weight excluding hydrogens is 305 g/mol. The maximum atomic E-state index is 9.75. The molecule has 1 heterocycles. The molecule has 0 saturated carbocycles. The number of aromatic nitrogens is 1. The molecule has 6 heteroatoms. The van der Waals surface area contributed by atoms with E-state index >= 15 is 0 Å². The second-order valence-electron chi connectivity index (χ2n) is 5.79. The molecule has 0 N–H and O–H groups in total. The second kappa shape index (κ2) is 14.5. The first-order valence-electron chi connectivity index (χ1n) is 8.75. The van der Waals surface area contributed by atoms with Crippen molar-refractivity contribution >= 4 is 7.25 Å². The van der Waals surface area contributed by atoms with Gasteiger partial charge >= 0.3 is 7.25 Å². The lowest BCUT2D eigenvalue weighted by molar-refractivity contribution is -0.697. The third kappa shape index (κ3) is 20.9. The summed E-state index contributed by atoms with van der Waals surface area (Å²) in [4.78, 5) is 0. The predicted molar refractivity (Wildman–Crippen MR) is 88.7 cm³/mol. The Morgan fingerprint density at radius 1 is 0.652 bits per heavy atom. The van der Waals surface area contributed by atoms with E-state index in [1.54, 1.807) is 0 Å². The lowest BCUT2D eigenvalue weighted by Crippen LogP contribution is -2.32. The van der Waals surface area contributed by atoms with Crippen molar-refractivity contribution < 1.29 is 21.8 Å². The van der Waals surface area contributed by atoms with Crippen LogP contribution in [0.15, 0.2) is 30.6 Å². The van der Waals surface area contributed by atoms with E-state index in [0.717, 1.165) is 0 Å². The topological polar surface area (TPSA) is 3.88 Å². The number of nitrogens with zero attached hydrogens (tertiary/aromatic N) is 1. The minimum Gasteiger partial charge on any atom is -0.418 e. The van der Waals surface area contributed by atoms with Gasteiger partial charge in [0.15, 0.2) is 12.4 Å². The molecule has 0 aliphatic carbocycles. The Labute approximate surface area is 138 Å². The Balaban J connectivity index is 0.000000841. The number of rotatable bonds is 11. The van der Waals surface area contributed by atoms with Gasteiger partial charge in [-0.05, 0) is 6.42 Å². The van der Waals surface area contributed by atoms with Gasteiger partial charge in [-0.25, -0.2) is 4.57 Å². The molecule has 0 amide bonds. The van der Waals surface area contributed by atoms with Crippen molar-refractivity contribution in [3.05, 3.63) is 30.6 Å². The molecular formula is C17H30BF4N. The summed E-state index contributed by atoms with van der Waals surface area (Å²) in [5.41, 5.74) is 0. The second-order valence-corrected chi connectivity index (χ2v) is 5.79. The van der Waals surface area contributed by atoms with Gasteiger partial charge in [0.1, 0.15) is 6.54 Å². The maximum Gasteiger partial charge on any atom is 0.673 e.